The van der Waals surface area contributed by atoms with Crippen LogP contribution in [-0.4, -0.2) is 65.4 Å². The lowest BCUT2D eigenvalue weighted by Gasteiger charge is -2.26. The molecule has 4 unspecified atom stereocenters. The van der Waals surface area contributed by atoms with E-state index < -0.39 is 60.3 Å². The van der Waals surface area contributed by atoms with Gasteiger partial charge in [-0.3, -0.25) is 19.2 Å². The van der Waals surface area contributed by atoms with E-state index in [1.807, 2.05) is 51.1 Å². The highest BCUT2D eigenvalue weighted by Gasteiger charge is 2.30. The zero-order chi connectivity index (χ0) is 28.8. The monoisotopic (exact) mass is 533 g/mol. The molecule has 0 aliphatic rings. The summed E-state index contributed by atoms with van der Waals surface area (Å²) in [6.45, 7) is 8.59. The van der Waals surface area contributed by atoms with Gasteiger partial charge in [0.15, 0.2) is 0 Å². The molecule has 4 amide bonds. The van der Waals surface area contributed by atoms with E-state index in [1.54, 1.807) is 13.8 Å². The van der Waals surface area contributed by atoms with Crippen LogP contribution in [0.25, 0.3) is 0 Å². The van der Waals surface area contributed by atoms with E-state index in [-0.39, 0.29) is 24.7 Å². The molecule has 11 nitrogen and oxygen atoms in total. The standard InChI is InChI=1S/C27H43N5O6/c1-6-10-19(28)24(34)31-20(14-18-11-8-7-9-12-18)25(35)32-23(17(4)5)26(36)29-15-22(33)30-21(27(37)38)13-16(2)3/h7-9,11-12,16-17,19-21,23H,6,10,13-15,28H2,1-5H3,(H,29,36)(H,30,33)(H,31,34)(H,32,35)(H,37,38). The first-order valence-corrected chi connectivity index (χ1v) is 13.1. The van der Waals surface area contributed by atoms with Gasteiger partial charge in [0.05, 0.1) is 12.6 Å². The molecule has 0 aliphatic heterocycles. The molecule has 0 aliphatic carbocycles. The van der Waals surface area contributed by atoms with Crippen molar-refractivity contribution >= 4 is 29.6 Å². The van der Waals surface area contributed by atoms with E-state index in [9.17, 15) is 29.1 Å². The first-order chi connectivity index (χ1) is 17.8. The minimum atomic E-state index is -1.16. The van der Waals surface area contributed by atoms with Crippen LogP contribution in [-0.2, 0) is 30.4 Å². The maximum atomic E-state index is 13.3. The van der Waals surface area contributed by atoms with E-state index >= 15 is 0 Å². The number of carboxylic acid groups (broad SMARTS) is 1. The van der Waals surface area contributed by atoms with Crippen molar-refractivity contribution in [2.24, 2.45) is 17.6 Å². The van der Waals surface area contributed by atoms with Crippen molar-refractivity contribution in [3.05, 3.63) is 35.9 Å². The van der Waals surface area contributed by atoms with Crippen molar-refractivity contribution in [1.29, 1.82) is 0 Å². The van der Waals surface area contributed by atoms with Crippen LogP contribution in [0.4, 0.5) is 0 Å². The maximum Gasteiger partial charge on any atom is 0.326 e. The Morgan fingerprint density at radius 2 is 1.50 bits per heavy atom. The second-order valence-corrected chi connectivity index (χ2v) is 10.2. The molecule has 0 saturated carbocycles. The lowest BCUT2D eigenvalue weighted by Crippen LogP contribution is -2.58. The van der Waals surface area contributed by atoms with Gasteiger partial charge in [0.2, 0.25) is 23.6 Å². The van der Waals surface area contributed by atoms with Crippen molar-refractivity contribution < 1.29 is 29.1 Å². The molecule has 4 atom stereocenters. The minimum Gasteiger partial charge on any atom is -0.480 e. The Morgan fingerprint density at radius 3 is 2.03 bits per heavy atom. The van der Waals surface area contributed by atoms with Gasteiger partial charge in [-0.25, -0.2) is 4.79 Å². The number of rotatable bonds is 16. The SMILES string of the molecule is CCCC(N)C(=O)NC(Cc1ccccc1)C(=O)NC(C(=O)NCC(=O)NC(CC(C)C)C(=O)O)C(C)C. The molecule has 1 rings (SSSR count). The number of hydrogen-bond donors (Lipinski definition) is 6. The van der Waals surface area contributed by atoms with Crippen molar-refractivity contribution in [3.8, 4) is 0 Å². The third-order valence-electron chi connectivity index (χ3n) is 5.86. The first kappa shape index (κ1) is 32.6. The number of carbonyl (C=O) groups excluding carboxylic acids is 4. The number of nitrogens with one attached hydrogen (secondary N) is 4. The number of nitrogens with two attached hydrogens (primary N) is 1. The van der Waals surface area contributed by atoms with Crippen LogP contribution < -0.4 is 27.0 Å². The molecular weight excluding hydrogens is 490 g/mol. The Bertz CT molecular complexity index is 937. The number of carboxylic acids is 1. The predicted molar refractivity (Wildman–Crippen MR) is 144 cm³/mol. The molecule has 11 heteroatoms. The van der Waals surface area contributed by atoms with Gasteiger partial charge < -0.3 is 32.1 Å². The zero-order valence-electron chi connectivity index (χ0n) is 23.0. The van der Waals surface area contributed by atoms with Gasteiger partial charge in [0.25, 0.3) is 0 Å². The van der Waals surface area contributed by atoms with Gasteiger partial charge >= 0.3 is 5.97 Å². The molecule has 0 bridgehead atoms. The molecule has 38 heavy (non-hydrogen) atoms. The van der Waals surface area contributed by atoms with Crippen LogP contribution in [0, 0.1) is 11.8 Å². The van der Waals surface area contributed by atoms with Gasteiger partial charge in [0.1, 0.15) is 18.1 Å². The molecule has 1 aromatic carbocycles. The lowest BCUT2D eigenvalue weighted by molar-refractivity contribution is -0.142. The third kappa shape index (κ3) is 11.7. The van der Waals surface area contributed by atoms with E-state index in [4.69, 9.17) is 5.73 Å². The summed E-state index contributed by atoms with van der Waals surface area (Å²) >= 11 is 0. The van der Waals surface area contributed by atoms with Crippen LogP contribution in [0.1, 0.15) is 59.4 Å². The Morgan fingerprint density at radius 1 is 0.868 bits per heavy atom. The Kier molecular flexibility index (Phi) is 14.0. The summed E-state index contributed by atoms with van der Waals surface area (Å²) in [5.41, 5.74) is 6.75. The van der Waals surface area contributed by atoms with Gasteiger partial charge in [0, 0.05) is 6.42 Å². The highest BCUT2D eigenvalue weighted by Crippen LogP contribution is 2.08. The number of aliphatic carboxylic acids is 1. The van der Waals surface area contributed by atoms with E-state index in [0.717, 1.165) is 5.56 Å². The first-order valence-electron chi connectivity index (χ1n) is 13.1. The van der Waals surface area contributed by atoms with Crippen molar-refractivity contribution in [3.63, 3.8) is 0 Å². The number of benzene rings is 1. The largest absolute Gasteiger partial charge is 0.480 e. The number of amides is 4. The summed E-state index contributed by atoms with van der Waals surface area (Å²) < 4.78 is 0. The molecule has 212 valence electrons. The van der Waals surface area contributed by atoms with Crippen molar-refractivity contribution in [2.75, 3.05) is 6.54 Å². The normalized spacial score (nSPS) is 14.2. The smallest absolute Gasteiger partial charge is 0.326 e. The van der Waals surface area contributed by atoms with E-state index in [2.05, 4.69) is 21.3 Å². The van der Waals surface area contributed by atoms with Crippen molar-refractivity contribution in [1.82, 2.24) is 21.3 Å². The molecule has 0 spiro atoms. The molecule has 0 fully saturated rings. The van der Waals surface area contributed by atoms with Crippen molar-refractivity contribution in [2.45, 2.75) is 84.5 Å². The summed E-state index contributed by atoms with van der Waals surface area (Å²) in [6.07, 6.45) is 1.61. The van der Waals surface area contributed by atoms with Crippen LogP contribution >= 0.6 is 0 Å². The van der Waals surface area contributed by atoms with E-state index in [0.29, 0.717) is 12.8 Å². The molecule has 0 radical (unpaired) electrons. The average Bonchev–Trinajstić information content (AvgIpc) is 2.85. The summed E-state index contributed by atoms with van der Waals surface area (Å²) in [6, 6.07) is 5.32. The molecule has 0 saturated heterocycles. The fourth-order valence-corrected chi connectivity index (χ4v) is 3.78. The van der Waals surface area contributed by atoms with Crippen LogP contribution in [0.15, 0.2) is 30.3 Å². The summed E-state index contributed by atoms with van der Waals surface area (Å²) in [5.74, 6) is -3.73. The fourth-order valence-electron chi connectivity index (χ4n) is 3.78. The maximum absolute atomic E-state index is 13.3. The average molecular weight is 534 g/mol. The van der Waals surface area contributed by atoms with Gasteiger partial charge in [-0.1, -0.05) is 71.4 Å². The molecule has 1 aromatic rings. The van der Waals surface area contributed by atoms with Gasteiger partial charge in [-0.2, -0.15) is 0 Å². The molecule has 7 N–H and O–H groups in total. The number of hydrogen-bond acceptors (Lipinski definition) is 6. The van der Waals surface area contributed by atoms with Gasteiger partial charge in [-0.15, -0.1) is 0 Å². The summed E-state index contributed by atoms with van der Waals surface area (Å²) in [5, 5.41) is 19.6. The molecule has 0 heterocycles. The van der Waals surface area contributed by atoms with Crippen LogP contribution in [0.5, 0.6) is 0 Å². The summed E-state index contributed by atoms with van der Waals surface area (Å²) in [7, 11) is 0. The Labute approximate surface area is 224 Å². The third-order valence-corrected chi connectivity index (χ3v) is 5.86. The van der Waals surface area contributed by atoms with Gasteiger partial charge in [-0.05, 0) is 30.2 Å². The molecule has 0 aromatic heterocycles. The minimum absolute atomic E-state index is 0.0485. The highest BCUT2D eigenvalue weighted by atomic mass is 16.4. The zero-order valence-corrected chi connectivity index (χ0v) is 23.0. The highest BCUT2D eigenvalue weighted by molar-refractivity contribution is 5.94. The number of carbonyl (C=O) groups is 5. The lowest BCUT2D eigenvalue weighted by atomic mass is 10.0. The molecular formula is C27H43N5O6. The quantitative estimate of drug-likeness (QED) is 0.181. The fraction of sp³-hybridized carbons (Fsp3) is 0.593. The van der Waals surface area contributed by atoms with Crippen LogP contribution in [0.3, 0.4) is 0 Å². The second-order valence-electron chi connectivity index (χ2n) is 10.2. The predicted octanol–water partition coefficient (Wildman–Crippen LogP) is 0.714. The van der Waals surface area contributed by atoms with Crippen LogP contribution in [0.2, 0.25) is 0 Å². The second kappa shape index (κ2) is 16.4. The summed E-state index contributed by atoms with van der Waals surface area (Å²) in [4.78, 5) is 62.4. The topological polar surface area (TPSA) is 180 Å². The Balaban J connectivity index is 2.90. The Hall–Kier alpha value is -3.47. The van der Waals surface area contributed by atoms with E-state index in [1.165, 1.54) is 0 Å².